The van der Waals surface area contributed by atoms with Gasteiger partial charge in [0.25, 0.3) is 5.82 Å². The van der Waals surface area contributed by atoms with E-state index in [9.17, 15) is 13.2 Å². The molecule has 0 bridgehead atoms. The second-order valence-electron chi connectivity index (χ2n) is 3.01. The first-order chi connectivity index (χ1) is 6.86. The predicted octanol–water partition coefficient (Wildman–Crippen LogP) is 0.600. The Morgan fingerprint density at radius 2 is 2.20 bits per heavy atom. The molecule has 5 nitrogen and oxygen atoms in total. The van der Waals surface area contributed by atoms with E-state index in [0.29, 0.717) is 4.68 Å². The van der Waals surface area contributed by atoms with Crippen molar-refractivity contribution < 1.29 is 13.2 Å². The molecule has 82 valence electrons. The lowest BCUT2D eigenvalue weighted by atomic mass is 10.1. The SMILES string of the molecule is CC(N)C(n1cnc(C#N)n1)C(F)(F)F. The fraction of sp³-hybridized carbons (Fsp3) is 0.571. The Morgan fingerprint density at radius 1 is 1.60 bits per heavy atom. The number of aromatic nitrogens is 3. The Hall–Kier alpha value is -1.62. The van der Waals surface area contributed by atoms with Crippen LogP contribution in [0.2, 0.25) is 0 Å². The van der Waals surface area contributed by atoms with Crippen molar-refractivity contribution in [2.24, 2.45) is 5.73 Å². The maximum atomic E-state index is 12.5. The lowest BCUT2D eigenvalue weighted by Crippen LogP contribution is -2.40. The fourth-order valence-corrected chi connectivity index (χ4v) is 1.15. The lowest BCUT2D eigenvalue weighted by molar-refractivity contribution is -0.174. The van der Waals surface area contributed by atoms with E-state index in [1.54, 1.807) is 6.07 Å². The number of nitrogens with zero attached hydrogens (tertiary/aromatic N) is 4. The van der Waals surface area contributed by atoms with Gasteiger partial charge < -0.3 is 5.73 Å². The summed E-state index contributed by atoms with van der Waals surface area (Å²) in [6.45, 7) is 1.21. The monoisotopic (exact) mass is 219 g/mol. The molecular formula is C7H8F3N5. The molecule has 0 spiro atoms. The van der Waals surface area contributed by atoms with Crippen LogP contribution in [-0.4, -0.2) is 27.0 Å². The van der Waals surface area contributed by atoms with Crippen LogP contribution in [0.5, 0.6) is 0 Å². The number of nitrogens with two attached hydrogens (primary N) is 1. The van der Waals surface area contributed by atoms with Gasteiger partial charge in [0.2, 0.25) is 0 Å². The lowest BCUT2D eigenvalue weighted by Gasteiger charge is -2.23. The summed E-state index contributed by atoms with van der Waals surface area (Å²) in [7, 11) is 0. The molecule has 0 aromatic carbocycles. The normalized spacial score (nSPS) is 15.7. The molecule has 8 heteroatoms. The molecule has 0 radical (unpaired) electrons. The molecule has 15 heavy (non-hydrogen) atoms. The van der Waals surface area contributed by atoms with E-state index in [0.717, 1.165) is 6.33 Å². The highest BCUT2D eigenvalue weighted by Crippen LogP contribution is 2.31. The molecule has 0 aliphatic rings. The van der Waals surface area contributed by atoms with Crippen molar-refractivity contribution >= 4 is 0 Å². The van der Waals surface area contributed by atoms with Gasteiger partial charge in [-0.1, -0.05) is 0 Å². The van der Waals surface area contributed by atoms with E-state index >= 15 is 0 Å². The van der Waals surface area contributed by atoms with Gasteiger partial charge in [-0.05, 0) is 6.92 Å². The van der Waals surface area contributed by atoms with Crippen LogP contribution in [-0.2, 0) is 0 Å². The highest BCUT2D eigenvalue weighted by Gasteiger charge is 2.44. The molecule has 2 N–H and O–H groups in total. The number of hydrogen-bond acceptors (Lipinski definition) is 4. The van der Waals surface area contributed by atoms with Gasteiger partial charge in [0, 0.05) is 6.04 Å². The molecule has 0 aliphatic carbocycles. The molecule has 0 fully saturated rings. The van der Waals surface area contributed by atoms with Crippen molar-refractivity contribution in [1.82, 2.24) is 14.8 Å². The van der Waals surface area contributed by atoms with Gasteiger partial charge >= 0.3 is 6.18 Å². The second kappa shape index (κ2) is 3.86. The van der Waals surface area contributed by atoms with Crippen molar-refractivity contribution in [2.45, 2.75) is 25.2 Å². The highest BCUT2D eigenvalue weighted by atomic mass is 19.4. The van der Waals surface area contributed by atoms with Crippen LogP contribution in [0.1, 0.15) is 18.8 Å². The first-order valence-electron chi connectivity index (χ1n) is 4.00. The summed E-state index contributed by atoms with van der Waals surface area (Å²) in [5.41, 5.74) is 5.21. The Labute approximate surface area is 83.3 Å². The summed E-state index contributed by atoms with van der Waals surface area (Å²) >= 11 is 0. The zero-order chi connectivity index (χ0) is 11.6. The molecule has 1 heterocycles. The van der Waals surface area contributed by atoms with Gasteiger partial charge in [-0.2, -0.15) is 18.4 Å². The van der Waals surface area contributed by atoms with Gasteiger partial charge in [-0.3, -0.25) is 0 Å². The Balaban J connectivity index is 3.06. The van der Waals surface area contributed by atoms with E-state index in [4.69, 9.17) is 11.0 Å². The summed E-state index contributed by atoms with van der Waals surface area (Å²) in [5.74, 6) is -0.315. The van der Waals surface area contributed by atoms with E-state index in [1.807, 2.05) is 0 Å². The largest absolute Gasteiger partial charge is 0.412 e. The van der Waals surface area contributed by atoms with E-state index < -0.39 is 18.3 Å². The van der Waals surface area contributed by atoms with Gasteiger partial charge in [-0.25, -0.2) is 9.67 Å². The van der Waals surface area contributed by atoms with Crippen LogP contribution < -0.4 is 5.73 Å². The third-order valence-electron chi connectivity index (χ3n) is 1.73. The summed E-state index contributed by atoms with van der Waals surface area (Å²) in [5, 5.41) is 11.7. The summed E-state index contributed by atoms with van der Waals surface area (Å²) in [6.07, 6.45) is -3.67. The molecule has 0 aliphatic heterocycles. The summed E-state index contributed by atoms with van der Waals surface area (Å²) < 4.78 is 38.1. The van der Waals surface area contributed by atoms with Gasteiger partial charge in [-0.15, -0.1) is 5.10 Å². The fourth-order valence-electron chi connectivity index (χ4n) is 1.15. The molecule has 0 saturated heterocycles. The van der Waals surface area contributed by atoms with Crippen molar-refractivity contribution in [3.63, 3.8) is 0 Å². The van der Waals surface area contributed by atoms with Crippen molar-refractivity contribution in [2.75, 3.05) is 0 Å². The highest BCUT2D eigenvalue weighted by molar-refractivity contribution is 5.06. The van der Waals surface area contributed by atoms with Crippen molar-refractivity contribution in [3.05, 3.63) is 12.2 Å². The van der Waals surface area contributed by atoms with Gasteiger partial charge in [0.15, 0.2) is 6.04 Å². The average molecular weight is 219 g/mol. The number of alkyl halides is 3. The van der Waals surface area contributed by atoms with Gasteiger partial charge in [0.1, 0.15) is 12.4 Å². The van der Waals surface area contributed by atoms with E-state index in [2.05, 4.69) is 10.1 Å². The van der Waals surface area contributed by atoms with Crippen LogP contribution in [0, 0.1) is 11.3 Å². The first kappa shape index (κ1) is 11.5. The minimum atomic E-state index is -4.52. The standard InChI is InChI=1S/C7H8F3N5/c1-4(12)6(7(8,9)10)15-3-13-5(2-11)14-15/h3-4,6H,12H2,1H3. The third-order valence-corrected chi connectivity index (χ3v) is 1.73. The maximum absolute atomic E-state index is 12.5. The van der Waals surface area contributed by atoms with Crippen LogP contribution in [0.3, 0.4) is 0 Å². The maximum Gasteiger partial charge on any atom is 0.412 e. The molecule has 0 saturated carbocycles. The quantitative estimate of drug-likeness (QED) is 0.789. The first-order valence-corrected chi connectivity index (χ1v) is 4.00. The van der Waals surface area contributed by atoms with E-state index in [-0.39, 0.29) is 5.82 Å². The molecule has 1 aromatic heterocycles. The molecule has 0 amide bonds. The summed E-state index contributed by atoms with van der Waals surface area (Å²) in [4.78, 5) is 3.39. The number of nitriles is 1. The topological polar surface area (TPSA) is 80.5 Å². The average Bonchev–Trinajstić information content (AvgIpc) is 2.49. The van der Waals surface area contributed by atoms with Crippen LogP contribution in [0.4, 0.5) is 13.2 Å². The minimum absolute atomic E-state index is 0.315. The Kier molecular flexibility index (Phi) is 2.95. The number of halogens is 3. The zero-order valence-corrected chi connectivity index (χ0v) is 7.73. The Morgan fingerprint density at radius 3 is 2.53 bits per heavy atom. The molecule has 1 aromatic rings. The molecule has 2 atom stereocenters. The van der Waals surface area contributed by atoms with Crippen molar-refractivity contribution in [1.29, 1.82) is 5.26 Å². The number of rotatable bonds is 2. The Bertz CT molecular complexity index is 375. The molecule has 1 rings (SSSR count). The van der Waals surface area contributed by atoms with Crippen molar-refractivity contribution in [3.8, 4) is 6.07 Å². The van der Waals surface area contributed by atoms with Gasteiger partial charge in [0.05, 0.1) is 0 Å². The molecule has 2 unspecified atom stereocenters. The third kappa shape index (κ3) is 2.44. The zero-order valence-electron chi connectivity index (χ0n) is 7.73. The smallest absolute Gasteiger partial charge is 0.326 e. The predicted molar refractivity (Wildman–Crippen MR) is 43.5 cm³/mol. The van der Waals surface area contributed by atoms with Crippen LogP contribution in [0.25, 0.3) is 0 Å². The molecular weight excluding hydrogens is 211 g/mol. The van der Waals surface area contributed by atoms with E-state index in [1.165, 1.54) is 6.92 Å². The minimum Gasteiger partial charge on any atom is -0.326 e. The van der Waals surface area contributed by atoms with Crippen LogP contribution >= 0.6 is 0 Å². The number of hydrogen-bond donors (Lipinski definition) is 1. The second-order valence-corrected chi connectivity index (χ2v) is 3.01. The van der Waals surface area contributed by atoms with Crippen LogP contribution in [0.15, 0.2) is 6.33 Å². The summed E-state index contributed by atoms with van der Waals surface area (Å²) in [6, 6.07) is -1.59.